The van der Waals surface area contributed by atoms with Crippen LogP contribution < -0.4 is 4.90 Å². The number of hydrogen-bond donors (Lipinski definition) is 1. The number of carbonyl (C=O) groups is 1. The number of anilines is 1. The van der Waals surface area contributed by atoms with Gasteiger partial charge in [0.05, 0.1) is 5.69 Å². The van der Waals surface area contributed by atoms with Crippen molar-refractivity contribution in [2.45, 2.75) is 6.92 Å². The first-order valence-corrected chi connectivity index (χ1v) is 6.03. The molecule has 3 rings (SSSR count). The first-order chi connectivity index (χ1) is 8.24. The van der Waals surface area contributed by atoms with Gasteiger partial charge in [-0.1, -0.05) is 0 Å². The zero-order chi connectivity index (χ0) is 12.0. The maximum absolute atomic E-state index is 10.7. The van der Waals surface area contributed by atoms with Gasteiger partial charge in [-0.15, -0.1) is 0 Å². The maximum Gasteiger partial charge on any atom is 0.151 e. The van der Waals surface area contributed by atoms with E-state index in [1.807, 2.05) is 19.1 Å². The van der Waals surface area contributed by atoms with Gasteiger partial charge in [0.25, 0.3) is 0 Å². The molecule has 1 saturated heterocycles. The van der Waals surface area contributed by atoms with Crippen molar-refractivity contribution in [1.82, 2.24) is 4.98 Å². The van der Waals surface area contributed by atoms with Crippen molar-refractivity contribution >= 4 is 12.1 Å². The van der Waals surface area contributed by atoms with Crippen molar-refractivity contribution < 1.29 is 9.90 Å². The van der Waals surface area contributed by atoms with Crippen LogP contribution >= 0.6 is 0 Å². The number of rotatable bonds is 3. The SMILES string of the molecule is Cc1nc(N2CC3C(CO)C3C2)ccc1C=O. The fraction of sp³-hybridized carbons (Fsp3) is 0.538. The number of aliphatic hydroxyl groups is 1. The first kappa shape index (κ1) is 10.7. The van der Waals surface area contributed by atoms with Crippen molar-refractivity contribution in [2.24, 2.45) is 17.8 Å². The van der Waals surface area contributed by atoms with Gasteiger partial charge in [0, 0.05) is 25.3 Å². The van der Waals surface area contributed by atoms with Crippen LogP contribution in [0, 0.1) is 24.7 Å². The standard InChI is InChI=1S/C13H16N2O2/c1-8-9(6-16)2-3-13(14-8)15-4-10-11(5-15)12(10)7-17/h2-3,6,10-12,17H,4-5,7H2,1H3. The van der Waals surface area contributed by atoms with Crippen LogP contribution in [0.3, 0.4) is 0 Å². The second-order valence-corrected chi connectivity index (χ2v) is 5.04. The molecule has 0 spiro atoms. The smallest absolute Gasteiger partial charge is 0.151 e. The second-order valence-electron chi connectivity index (χ2n) is 5.04. The number of aryl methyl sites for hydroxylation is 1. The zero-order valence-corrected chi connectivity index (χ0v) is 9.84. The third-order valence-electron chi connectivity index (χ3n) is 4.15. The Morgan fingerprint density at radius 3 is 2.71 bits per heavy atom. The third kappa shape index (κ3) is 1.63. The van der Waals surface area contributed by atoms with Gasteiger partial charge in [-0.05, 0) is 36.8 Å². The van der Waals surface area contributed by atoms with E-state index in [9.17, 15) is 4.79 Å². The lowest BCUT2D eigenvalue weighted by Crippen LogP contribution is -2.25. The number of pyridine rings is 1. The normalized spacial score (nSPS) is 30.2. The van der Waals surface area contributed by atoms with Crippen LogP contribution in [0.15, 0.2) is 12.1 Å². The summed E-state index contributed by atoms with van der Waals surface area (Å²) < 4.78 is 0. The van der Waals surface area contributed by atoms with Crippen molar-refractivity contribution in [3.05, 3.63) is 23.4 Å². The van der Waals surface area contributed by atoms with Crippen LogP contribution in [0.5, 0.6) is 0 Å². The van der Waals surface area contributed by atoms with Gasteiger partial charge in [-0.25, -0.2) is 4.98 Å². The lowest BCUT2D eigenvalue weighted by atomic mass is 10.2. The van der Waals surface area contributed by atoms with Gasteiger partial charge in [0.1, 0.15) is 5.82 Å². The molecule has 90 valence electrons. The fourth-order valence-electron chi connectivity index (χ4n) is 2.97. The number of aromatic nitrogens is 1. The molecule has 0 bridgehead atoms. The van der Waals surface area contributed by atoms with Gasteiger partial charge in [-0.3, -0.25) is 4.79 Å². The van der Waals surface area contributed by atoms with E-state index in [0.717, 1.165) is 30.9 Å². The van der Waals surface area contributed by atoms with E-state index in [4.69, 9.17) is 5.11 Å². The predicted molar refractivity (Wildman–Crippen MR) is 64.1 cm³/mol. The van der Waals surface area contributed by atoms with E-state index >= 15 is 0 Å². The summed E-state index contributed by atoms with van der Waals surface area (Å²) in [4.78, 5) is 17.4. The molecule has 2 aliphatic rings. The highest BCUT2D eigenvalue weighted by Crippen LogP contribution is 2.51. The van der Waals surface area contributed by atoms with Gasteiger partial charge in [-0.2, -0.15) is 0 Å². The van der Waals surface area contributed by atoms with E-state index < -0.39 is 0 Å². The molecule has 2 fully saturated rings. The zero-order valence-electron chi connectivity index (χ0n) is 9.84. The fourth-order valence-corrected chi connectivity index (χ4v) is 2.97. The van der Waals surface area contributed by atoms with Gasteiger partial charge < -0.3 is 10.0 Å². The molecule has 1 aromatic heterocycles. The number of aliphatic hydroxyl groups excluding tert-OH is 1. The van der Waals surface area contributed by atoms with Crippen molar-refractivity contribution in [1.29, 1.82) is 0 Å². The lowest BCUT2D eigenvalue weighted by Gasteiger charge is -2.21. The summed E-state index contributed by atoms with van der Waals surface area (Å²) in [7, 11) is 0. The molecule has 0 amide bonds. The van der Waals surface area contributed by atoms with Crippen LogP contribution in [-0.2, 0) is 0 Å². The van der Waals surface area contributed by atoms with E-state index in [0.29, 0.717) is 29.9 Å². The molecule has 1 saturated carbocycles. The number of fused-ring (bicyclic) bond motifs is 1. The summed E-state index contributed by atoms with van der Waals surface area (Å²) in [6.45, 7) is 4.16. The quantitative estimate of drug-likeness (QED) is 0.786. The molecule has 4 nitrogen and oxygen atoms in total. The molecule has 1 aliphatic heterocycles. The number of piperidine rings is 1. The molecular weight excluding hydrogens is 216 g/mol. The van der Waals surface area contributed by atoms with Crippen LogP contribution in [0.1, 0.15) is 16.1 Å². The maximum atomic E-state index is 10.7. The van der Waals surface area contributed by atoms with Crippen LogP contribution in [0.25, 0.3) is 0 Å². The average molecular weight is 232 g/mol. The van der Waals surface area contributed by atoms with Gasteiger partial charge in [0.2, 0.25) is 0 Å². The Balaban J connectivity index is 1.75. The third-order valence-corrected chi connectivity index (χ3v) is 4.15. The molecule has 2 atom stereocenters. The van der Waals surface area contributed by atoms with Crippen LogP contribution in [-0.4, -0.2) is 36.1 Å². The Hall–Kier alpha value is -1.42. The minimum Gasteiger partial charge on any atom is -0.396 e. The monoisotopic (exact) mass is 232 g/mol. The number of nitrogens with zero attached hydrogens (tertiary/aromatic N) is 2. The summed E-state index contributed by atoms with van der Waals surface area (Å²) in [5.41, 5.74) is 1.45. The average Bonchev–Trinajstić information content (AvgIpc) is 2.81. The van der Waals surface area contributed by atoms with E-state index in [1.54, 1.807) is 0 Å². The Kier molecular flexibility index (Phi) is 2.40. The van der Waals surface area contributed by atoms with Crippen molar-refractivity contribution in [3.63, 3.8) is 0 Å². The Morgan fingerprint density at radius 1 is 1.47 bits per heavy atom. The summed E-state index contributed by atoms with van der Waals surface area (Å²) in [6, 6.07) is 3.74. The molecule has 0 aromatic carbocycles. The number of carbonyl (C=O) groups excluding carboxylic acids is 1. The van der Waals surface area contributed by atoms with E-state index in [2.05, 4.69) is 9.88 Å². The summed E-state index contributed by atoms with van der Waals surface area (Å²) >= 11 is 0. The Morgan fingerprint density at radius 2 is 2.18 bits per heavy atom. The molecule has 1 aromatic rings. The van der Waals surface area contributed by atoms with E-state index in [1.165, 1.54) is 0 Å². The van der Waals surface area contributed by atoms with Gasteiger partial charge >= 0.3 is 0 Å². The lowest BCUT2D eigenvalue weighted by molar-refractivity contribution is 0.112. The summed E-state index contributed by atoms with van der Waals surface area (Å²) in [5, 5.41) is 9.11. The molecule has 4 heteroatoms. The summed E-state index contributed by atoms with van der Waals surface area (Å²) in [5.74, 6) is 2.76. The second kappa shape index (κ2) is 3.81. The number of aldehydes is 1. The highest BCUT2D eigenvalue weighted by molar-refractivity contribution is 5.76. The van der Waals surface area contributed by atoms with Gasteiger partial charge in [0.15, 0.2) is 6.29 Å². The Labute approximate surface area is 100 Å². The minimum absolute atomic E-state index is 0.319. The Bertz CT molecular complexity index is 449. The molecule has 1 N–H and O–H groups in total. The minimum atomic E-state index is 0.319. The van der Waals surface area contributed by atoms with Crippen molar-refractivity contribution in [2.75, 3.05) is 24.6 Å². The largest absolute Gasteiger partial charge is 0.396 e. The topological polar surface area (TPSA) is 53.4 Å². The predicted octanol–water partition coefficient (Wildman–Crippen LogP) is 0.877. The molecule has 0 radical (unpaired) electrons. The van der Waals surface area contributed by atoms with Crippen LogP contribution in [0.4, 0.5) is 5.82 Å². The summed E-state index contributed by atoms with van der Waals surface area (Å²) in [6.07, 6.45) is 0.843. The highest BCUT2D eigenvalue weighted by atomic mass is 16.3. The molecule has 17 heavy (non-hydrogen) atoms. The highest BCUT2D eigenvalue weighted by Gasteiger charge is 2.55. The number of hydrogen-bond acceptors (Lipinski definition) is 4. The molecule has 2 heterocycles. The first-order valence-electron chi connectivity index (χ1n) is 6.03. The van der Waals surface area contributed by atoms with Crippen molar-refractivity contribution in [3.8, 4) is 0 Å². The van der Waals surface area contributed by atoms with E-state index in [-0.39, 0.29) is 0 Å². The molecule has 1 aliphatic carbocycles. The van der Waals surface area contributed by atoms with Crippen LogP contribution in [0.2, 0.25) is 0 Å². The molecule has 2 unspecified atom stereocenters. The molecular formula is C13H16N2O2.